The van der Waals surface area contributed by atoms with Crippen molar-refractivity contribution in [1.29, 1.82) is 0 Å². The number of hydrogen-bond acceptors (Lipinski definition) is 5. The number of ketones is 1. The lowest BCUT2D eigenvalue weighted by Crippen LogP contribution is -2.39. The highest BCUT2D eigenvalue weighted by Gasteiger charge is 2.43. The molecule has 0 bridgehead atoms. The Hall–Kier alpha value is -2.50. The number of halogens is 1. The van der Waals surface area contributed by atoms with Gasteiger partial charge in [0.15, 0.2) is 5.78 Å². The first-order valence-corrected chi connectivity index (χ1v) is 13.8. The molecule has 1 aliphatic carbocycles. The number of carbonyl (C=O) groups is 2. The molecule has 2 aromatic carbocycles. The van der Waals surface area contributed by atoms with Crippen LogP contribution in [0.3, 0.4) is 0 Å². The van der Waals surface area contributed by atoms with Crippen molar-refractivity contribution >= 4 is 35.1 Å². The van der Waals surface area contributed by atoms with Gasteiger partial charge in [0.2, 0.25) is 0 Å². The number of benzene rings is 2. The van der Waals surface area contributed by atoms with E-state index in [2.05, 4.69) is 45.1 Å². The number of ether oxygens (including phenoxy) is 1. The Morgan fingerprint density at radius 2 is 1.81 bits per heavy atom. The number of hydrogen-bond donors (Lipinski definition) is 1. The van der Waals surface area contributed by atoms with Crippen molar-refractivity contribution in [2.75, 3.05) is 6.61 Å². The van der Waals surface area contributed by atoms with E-state index in [4.69, 9.17) is 16.3 Å². The van der Waals surface area contributed by atoms with Crippen LogP contribution < -0.4 is 5.32 Å². The van der Waals surface area contributed by atoms with Crippen molar-refractivity contribution in [2.45, 2.75) is 71.0 Å². The van der Waals surface area contributed by atoms with Gasteiger partial charge in [0, 0.05) is 45.0 Å². The highest BCUT2D eigenvalue weighted by atomic mass is 35.5. The number of thioether (sulfide) groups is 1. The molecule has 0 radical (unpaired) electrons. The Labute approximate surface area is 223 Å². The van der Waals surface area contributed by atoms with Crippen molar-refractivity contribution in [2.24, 2.45) is 5.41 Å². The third-order valence-electron chi connectivity index (χ3n) is 6.98. The first kappa shape index (κ1) is 26.6. The molecule has 2 aliphatic rings. The van der Waals surface area contributed by atoms with Crippen molar-refractivity contribution < 1.29 is 14.3 Å². The second kappa shape index (κ2) is 10.5. The molecule has 4 rings (SSSR count). The van der Waals surface area contributed by atoms with Crippen LogP contribution in [0.2, 0.25) is 5.02 Å². The van der Waals surface area contributed by atoms with Gasteiger partial charge in [0.05, 0.1) is 12.2 Å². The maximum Gasteiger partial charge on any atom is 0.336 e. The largest absolute Gasteiger partial charge is 0.463 e. The van der Waals surface area contributed by atoms with Crippen LogP contribution in [-0.4, -0.2) is 18.4 Å². The summed E-state index contributed by atoms with van der Waals surface area (Å²) in [6.07, 6.45) is 1.23. The van der Waals surface area contributed by atoms with E-state index in [1.165, 1.54) is 11.1 Å². The summed E-state index contributed by atoms with van der Waals surface area (Å²) < 4.78 is 5.48. The summed E-state index contributed by atoms with van der Waals surface area (Å²) in [6, 6.07) is 12.2. The fourth-order valence-corrected chi connectivity index (χ4v) is 6.39. The van der Waals surface area contributed by atoms with E-state index in [0.29, 0.717) is 17.6 Å². The second-order valence-corrected chi connectivity index (χ2v) is 12.0. The van der Waals surface area contributed by atoms with E-state index >= 15 is 0 Å². The number of rotatable bonds is 6. The molecule has 1 atom stereocenters. The lowest BCUT2D eigenvalue weighted by Gasteiger charge is -2.40. The Bertz CT molecular complexity index is 1270. The maximum absolute atomic E-state index is 13.6. The van der Waals surface area contributed by atoms with Crippen LogP contribution in [0, 0.1) is 19.3 Å². The predicted molar refractivity (Wildman–Crippen MR) is 147 cm³/mol. The second-order valence-electron chi connectivity index (χ2n) is 10.5. The van der Waals surface area contributed by atoms with Crippen molar-refractivity contribution in [1.82, 2.24) is 5.32 Å². The highest BCUT2D eigenvalue weighted by molar-refractivity contribution is 7.98. The van der Waals surface area contributed by atoms with E-state index in [1.54, 1.807) is 18.7 Å². The first-order chi connectivity index (χ1) is 17.0. The summed E-state index contributed by atoms with van der Waals surface area (Å²) >= 11 is 7.79. The van der Waals surface area contributed by atoms with E-state index in [0.717, 1.165) is 44.6 Å². The number of Topliss-reactive ketones (excluding diaryl/α,β-unsaturated/α-hetero) is 1. The Morgan fingerprint density at radius 1 is 1.11 bits per heavy atom. The van der Waals surface area contributed by atoms with Crippen LogP contribution in [0.15, 0.2) is 63.8 Å². The standard InChI is InChI=1S/C30H34ClNO3S/c1-7-35-29(34)26-19(4)32-24-14-30(5,6)15-25(33)28(24)27(26)23-13-20(17(2)12-18(23)3)16-36-22-10-8-21(31)9-11-22/h8-13,27,32H,7,14-16H2,1-6H3/t27-/m1/s1. The molecule has 4 nitrogen and oxygen atoms in total. The normalized spacial score (nSPS) is 19.2. The monoisotopic (exact) mass is 523 g/mol. The number of carbonyl (C=O) groups excluding carboxylic acids is 2. The number of dihydropyridines is 1. The first-order valence-electron chi connectivity index (χ1n) is 12.4. The zero-order valence-electron chi connectivity index (χ0n) is 21.9. The van der Waals surface area contributed by atoms with E-state index in [9.17, 15) is 9.59 Å². The molecule has 1 aliphatic heterocycles. The molecular formula is C30H34ClNO3S. The average molecular weight is 524 g/mol. The molecule has 1 N–H and O–H groups in total. The number of esters is 1. The SMILES string of the molecule is CCOC(=O)C1=C(C)NC2=C(C(=O)CC(C)(C)C2)[C@@H]1c1cc(CSc2ccc(Cl)cc2)c(C)cc1C. The minimum atomic E-state index is -0.441. The van der Waals surface area contributed by atoms with Crippen LogP contribution in [0.5, 0.6) is 0 Å². The molecule has 0 fully saturated rings. The molecule has 0 amide bonds. The van der Waals surface area contributed by atoms with Gasteiger partial charge >= 0.3 is 5.97 Å². The van der Waals surface area contributed by atoms with Crippen LogP contribution in [0.25, 0.3) is 0 Å². The molecule has 36 heavy (non-hydrogen) atoms. The molecule has 0 unspecified atom stereocenters. The molecular weight excluding hydrogens is 490 g/mol. The number of nitrogens with one attached hydrogen (secondary N) is 1. The maximum atomic E-state index is 13.6. The summed E-state index contributed by atoms with van der Waals surface area (Å²) in [5.74, 6) is 0.0680. The highest BCUT2D eigenvalue weighted by Crippen LogP contribution is 2.48. The van der Waals surface area contributed by atoms with Crippen molar-refractivity contribution in [3.8, 4) is 0 Å². The Morgan fingerprint density at radius 3 is 2.47 bits per heavy atom. The van der Waals surface area contributed by atoms with Crippen LogP contribution in [0.4, 0.5) is 0 Å². The summed E-state index contributed by atoms with van der Waals surface area (Å²) in [5.41, 5.74) is 7.26. The third kappa shape index (κ3) is 5.42. The molecule has 0 spiro atoms. The Balaban J connectivity index is 1.81. The van der Waals surface area contributed by atoms with Gasteiger partial charge in [0.1, 0.15) is 0 Å². The molecule has 2 aromatic rings. The predicted octanol–water partition coefficient (Wildman–Crippen LogP) is 7.42. The quantitative estimate of drug-likeness (QED) is 0.315. The van der Waals surface area contributed by atoms with Crippen molar-refractivity contribution in [3.63, 3.8) is 0 Å². The molecule has 6 heteroatoms. The topological polar surface area (TPSA) is 55.4 Å². The summed E-state index contributed by atoms with van der Waals surface area (Å²) in [5, 5.41) is 4.13. The van der Waals surface area contributed by atoms with Gasteiger partial charge < -0.3 is 10.1 Å². The molecule has 0 saturated carbocycles. The van der Waals surface area contributed by atoms with E-state index < -0.39 is 5.92 Å². The smallest absolute Gasteiger partial charge is 0.336 e. The molecule has 190 valence electrons. The zero-order chi connectivity index (χ0) is 26.2. The van der Waals surface area contributed by atoms with Gasteiger partial charge in [-0.1, -0.05) is 37.6 Å². The lowest BCUT2D eigenvalue weighted by atomic mass is 9.68. The summed E-state index contributed by atoms with van der Waals surface area (Å²) in [6.45, 7) is 12.4. The zero-order valence-corrected chi connectivity index (χ0v) is 23.5. The fourth-order valence-electron chi connectivity index (χ4n) is 5.30. The van der Waals surface area contributed by atoms with Gasteiger partial charge in [-0.15, -0.1) is 11.8 Å². The Kier molecular flexibility index (Phi) is 7.72. The van der Waals surface area contributed by atoms with Crippen LogP contribution >= 0.6 is 23.4 Å². The van der Waals surface area contributed by atoms with E-state index in [1.807, 2.05) is 31.2 Å². The van der Waals surface area contributed by atoms with Crippen LogP contribution in [-0.2, 0) is 20.1 Å². The summed E-state index contributed by atoms with van der Waals surface area (Å²) in [4.78, 5) is 27.9. The minimum Gasteiger partial charge on any atom is -0.463 e. The average Bonchev–Trinajstić information content (AvgIpc) is 2.78. The van der Waals surface area contributed by atoms with Crippen LogP contribution in [0.1, 0.15) is 68.7 Å². The van der Waals surface area contributed by atoms with Gasteiger partial charge in [0.25, 0.3) is 0 Å². The molecule has 0 saturated heterocycles. The van der Waals surface area contributed by atoms with Gasteiger partial charge in [-0.05, 0) is 86.1 Å². The van der Waals surface area contributed by atoms with Crippen molar-refractivity contribution in [3.05, 3.63) is 86.2 Å². The third-order valence-corrected chi connectivity index (χ3v) is 8.29. The van der Waals surface area contributed by atoms with E-state index in [-0.39, 0.29) is 23.8 Å². The van der Waals surface area contributed by atoms with Gasteiger partial charge in [-0.3, -0.25) is 4.79 Å². The number of allylic oxidation sites excluding steroid dienone is 3. The molecule has 0 aromatic heterocycles. The minimum absolute atomic E-state index is 0.102. The lowest BCUT2D eigenvalue weighted by molar-refractivity contribution is -0.138. The fraction of sp³-hybridized carbons (Fsp3) is 0.400. The van der Waals surface area contributed by atoms with Gasteiger partial charge in [-0.2, -0.15) is 0 Å². The number of aryl methyl sites for hydroxylation is 2. The molecule has 1 heterocycles. The summed E-state index contributed by atoms with van der Waals surface area (Å²) in [7, 11) is 0. The van der Waals surface area contributed by atoms with Gasteiger partial charge in [-0.25, -0.2) is 4.79 Å².